The smallest absolute Gasteiger partial charge is 0.260 e. The molecule has 0 aliphatic rings. The van der Waals surface area contributed by atoms with Crippen LogP contribution in [0.15, 0.2) is 30.3 Å². The quantitative estimate of drug-likeness (QED) is 0.437. The molecule has 1 nitrogen and oxygen atoms in total. The van der Waals surface area contributed by atoms with E-state index in [2.05, 4.69) is 0 Å². The summed E-state index contributed by atoms with van der Waals surface area (Å²) in [7, 11) is -1.92. The first-order valence-corrected chi connectivity index (χ1v) is 8.14. The van der Waals surface area contributed by atoms with Crippen molar-refractivity contribution in [3.05, 3.63) is 35.9 Å². The molecule has 0 atom stereocenters. The normalized spacial score (nSPS) is 13.3. The van der Waals surface area contributed by atoms with E-state index >= 15 is 0 Å². The van der Waals surface area contributed by atoms with E-state index in [9.17, 15) is 22.0 Å². The summed E-state index contributed by atoms with van der Waals surface area (Å²) in [4.78, 5) is 0. The molecule has 1 radical (unpaired) electrons. The minimum Gasteiger partial charge on any atom is -0.260 e. The number of nitrogens with zero attached hydrogens (tertiary/aromatic N) is 1. The van der Waals surface area contributed by atoms with Gasteiger partial charge < -0.3 is 0 Å². The third kappa shape index (κ3) is 3.14. The average Bonchev–Trinajstić information content (AvgIpc) is 2.36. The molecule has 0 aromatic heterocycles. The van der Waals surface area contributed by atoms with Gasteiger partial charge in [0.05, 0.1) is 0 Å². The van der Waals surface area contributed by atoms with Crippen molar-refractivity contribution in [3.8, 4) is 0 Å². The van der Waals surface area contributed by atoms with Gasteiger partial charge in [-0.05, 0) is 0 Å². The zero-order valence-electron chi connectivity index (χ0n) is 10.6. The van der Waals surface area contributed by atoms with Gasteiger partial charge in [0.25, 0.3) is 0 Å². The van der Waals surface area contributed by atoms with Crippen LogP contribution in [0, 0.1) is 0 Å². The molecule has 19 heavy (non-hydrogen) atoms. The molecule has 0 aliphatic carbocycles. The predicted molar refractivity (Wildman–Crippen MR) is 65.4 cm³/mol. The Morgan fingerprint density at radius 2 is 1.58 bits per heavy atom. The van der Waals surface area contributed by atoms with E-state index in [0.29, 0.717) is 0 Å². The largest absolute Gasteiger partial charge is 0.366 e. The van der Waals surface area contributed by atoms with Gasteiger partial charge >= 0.3 is 12.0 Å². The van der Waals surface area contributed by atoms with E-state index in [1.54, 1.807) is 0 Å². The Morgan fingerprint density at radius 1 is 1.05 bits per heavy atom. The lowest BCUT2D eigenvalue weighted by Crippen LogP contribution is -2.57. The minimum atomic E-state index is -4.40. The van der Waals surface area contributed by atoms with Crippen molar-refractivity contribution in [2.24, 2.45) is 0 Å². The summed E-state index contributed by atoms with van der Waals surface area (Å²) in [5.41, 5.74) is -0.771. The number of halogens is 5. The number of benzene rings is 1. The Labute approximate surface area is 110 Å². The molecule has 7 heteroatoms. The zero-order valence-corrected chi connectivity index (χ0v) is 11.6. The maximum Gasteiger partial charge on any atom is 0.366 e. The Morgan fingerprint density at radius 3 is 2.00 bits per heavy atom. The summed E-state index contributed by atoms with van der Waals surface area (Å²) < 4.78 is 68.6. The molecular formula is C12H15F5NSi. The van der Waals surface area contributed by atoms with Gasteiger partial charge in [-0.15, -0.1) is 0 Å². The number of hydrogen-bond acceptors (Lipinski definition) is 1. The van der Waals surface area contributed by atoms with E-state index < -0.39 is 39.7 Å². The lowest BCUT2D eigenvalue weighted by molar-refractivity contribution is -0.271. The highest BCUT2D eigenvalue weighted by atomic mass is 28.3. The molecule has 107 valence electrons. The second-order valence-electron chi connectivity index (χ2n) is 4.27. The van der Waals surface area contributed by atoms with Crippen molar-refractivity contribution in [1.82, 2.24) is 4.57 Å². The lowest BCUT2D eigenvalue weighted by Gasteiger charge is -2.37. The summed E-state index contributed by atoms with van der Waals surface area (Å²) in [5, 5.41) is 0. The SMILES string of the molecule is C[Si](C)N(CCF)C(F)(F)C(F)(F)c1ccccc1. The van der Waals surface area contributed by atoms with E-state index in [0.717, 1.165) is 12.1 Å². The van der Waals surface area contributed by atoms with Crippen molar-refractivity contribution in [2.45, 2.75) is 25.1 Å². The monoisotopic (exact) mass is 296 g/mol. The van der Waals surface area contributed by atoms with Crippen LogP contribution in [0.25, 0.3) is 0 Å². The fourth-order valence-electron chi connectivity index (χ4n) is 1.72. The second kappa shape index (κ2) is 6.00. The molecule has 0 N–H and O–H groups in total. The lowest BCUT2D eigenvalue weighted by atomic mass is 10.1. The zero-order chi connectivity index (χ0) is 14.7. The third-order valence-electron chi connectivity index (χ3n) is 2.70. The van der Waals surface area contributed by atoms with Gasteiger partial charge in [-0.25, -0.2) is 4.39 Å². The van der Waals surface area contributed by atoms with Crippen LogP contribution in [0.4, 0.5) is 22.0 Å². The minimum absolute atomic E-state index is 0.282. The van der Waals surface area contributed by atoms with Crippen molar-refractivity contribution in [1.29, 1.82) is 0 Å². The molecule has 0 heterocycles. The number of alkyl halides is 5. The summed E-state index contributed by atoms with van der Waals surface area (Å²) in [6.07, 6.45) is 0. The van der Waals surface area contributed by atoms with Gasteiger partial charge in [-0.1, -0.05) is 43.4 Å². The average molecular weight is 296 g/mol. The Kier molecular flexibility index (Phi) is 5.09. The third-order valence-corrected chi connectivity index (χ3v) is 4.29. The van der Waals surface area contributed by atoms with Crippen LogP contribution < -0.4 is 0 Å². The highest BCUT2D eigenvalue weighted by Gasteiger charge is 2.61. The highest BCUT2D eigenvalue weighted by molar-refractivity contribution is 6.52. The molecular weight excluding hydrogens is 281 g/mol. The molecule has 0 unspecified atom stereocenters. The van der Waals surface area contributed by atoms with Gasteiger partial charge in [0.1, 0.15) is 15.6 Å². The molecule has 0 saturated heterocycles. The molecule has 0 fully saturated rings. The van der Waals surface area contributed by atoms with Crippen LogP contribution in [0.3, 0.4) is 0 Å². The number of hydrogen-bond donors (Lipinski definition) is 0. The first kappa shape index (κ1) is 16.1. The standard InChI is InChI=1S/C12H15F5NSi/c1-19(2)18(9-8-13)12(16,17)11(14,15)10-6-4-3-5-7-10/h3-7H,8-9H2,1-2H3. The van der Waals surface area contributed by atoms with Crippen molar-refractivity contribution < 1.29 is 22.0 Å². The van der Waals surface area contributed by atoms with E-state index in [1.165, 1.54) is 31.3 Å². The number of rotatable bonds is 6. The first-order valence-electron chi connectivity index (χ1n) is 5.70. The Hall–Kier alpha value is -0.953. The predicted octanol–water partition coefficient (Wildman–Crippen LogP) is 3.89. The van der Waals surface area contributed by atoms with E-state index in [4.69, 9.17) is 0 Å². The molecule has 0 spiro atoms. The Balaban J connectivity index is 3.15. The van der Waals surface area contributed by atoms with Crippen molar-refractivity contribution in [3.63, 3.8) is 0 Å². The van der Waals surface area contributed by atoms with Crippen molar-refractivity contribution >= 4 is 8.96 Å². The van der Waals surface area contributed by atoms with Gasteiger partial charge in [-0.3, -0.25) is 4.57 Å². The molecule has 1 aromatic carbocycles. The molecule has 1 rings (SSSR count). The second-order valence-corrected chi connectivity index (χ2v) is 6.70. The topological polar surface area (TPSA) is 3.24 Å². The molecule has 0 bridgehead atoms. The van der Waals surface area contributed by atoms with Crippen LogP contribution >= 0.6 is 0 Å². The molecule has 1 aromatic rings. The molecule has 0 amide bonds. The highest BCUT2D eigenvalue weighted by Crippen LogP contribution is 2.45. The van der Waals surface area contributed by atoms with Crippen LogP contribution in [0.2, 0.25) is 13.1 Å². The first-order chi connectivity index (χ1) is 8.75. The van der Waals surface area contributed by atoms with Crippen LogP contribution in [-0.2, 0) is 5.92 Å². The summed E-state index contributed by atoms with van der Waals surface area (Å²) >= 11 is 0. The Bertz CT molecular complexity index is 396. The van der Waals surface area contributed by atoms with Crippen molar-refractivity contribution in [2.75, 3.05) is 13.2 Å². The maximum atomic E-state index is 14.0. The van der Waals surface area contributed by atoms with Crippen LogP contribution in [0.5, 0.6) is 0 Å². The van der Waals surface area contributed by atoms with Crippen LogP contribution in [-0.4, -0.2) is 32.8 Å². The van der Waals surface area contributed by atoms with E-state index in [1.807, 2.05) is 0 Å². The van der Waals surface area contributed by atoms with Gasteiger partial charge in [0.15, 0.2) is 0 Å². The fraction of sp³-hybridized carbons (Fsp3) is 0.500. The van der Waals surface area contributed by atoms with Gasteiger partial charge in [-0.2, -0.15) is 17.6 Å². The maximum absolute atomic E-state index is 14.0. The molecule has 0 aliphatic heterocycles. The summed E-state index contributed by atoms with van der Waals surface area (Å²) in [6, 6.07) is 1.48. The van der Waals surface area contributed by atoms with Gasteiger partial charge in [0, 0.05) is 12.1 Å². The van der Waals surface area contributed by atoms with Gasteiger partial charge in [0.2, 0.25) is 0 Å². The summed E-state index contributed by atoms with van der Waals surface area (Å²) in [5.74, 6) is -4.36. The van der Waals surface area contributed by atoms with Crippen LogP contribution in [0.1, 0.15) is 5.56 Å². The van der Waals surface area contributed by atoms with E-state index in [-0.39, 0.29) is 4.57 Å². The molecule has 0 saturated carbocycles. The fourth-order valence-corrected chi connectivity index (χ4v) is 2.95. The summed E-state index contributed by atoms with van der Waals surface area (Å²) in [6.45, 7) is 1.07.